The van der Waals surface area contributed by atoms with E-state index in [4.69, 9.17) is 0 Å². The lowest BCUT2D eigenvalue weighted by molar-refractivity contribution is -0.121. The number of phenols is 1. The minimum absolute atomic E-state index is 0.00274. The summed E-state index contributed by atoms with van der Waals surface area (Å²) in [6, 6.07) is 4.82. The van der Waals surface area contributed by atoms with Crippen molar-refractivity contribution in [2.45, 2.75) is 26.7 Å². The van der Waals surface area contributed by atoms with Crippen LogP contribution >= 0.6 is 0 Å². The average Bonchev–Trinajstić information content (AvgIpc) is 2.21. The maximum Gasteiger partial charge on any atom is 0.224 e. The van der Waals surface area contributed by atoms with Gasteiger partial charge in [0.15, 0.2) is 0 Å². The summed E-state index contributed by atoms with van der Waals surface area (Å²) in [6.45, 7) is 3.21. The summed E-state index contributed by atoms with van der Waals surface area (Å²) in [5, 5.41) is 12.0. The SMILES string of the molecule is CC(=O)CCC(=O)Nc1ccc(O)c(C)c1. The van der Waals surface area contributed by atoms with Crippen molar-refractivity contribution in [1.82, 2.24) is 0 Å². The first-order valence-electron chi connectivity index (χ1n) is 5.08. The molecule has 0 saturated heterocycles. The first kappa shape index (κ1) is 12.2. The predicted octanol–water partition coefficient (Wildman–Crippen LogP) is 2.01. The van der Waals surface area contributed by atoms with Crippen molar-refractivity contribution in [1.29, 1.82) is 0 Å². The highest BCUT2D eigenvalue weighted by Gasteiger charge is 2.05. The van der Waals surface area contributed by atoms with Gasteiger partial charge in [-0.1, -0.05) is 0 Å². The van der Waals surface area contributed by atoms with Gasteiger partial charge in [0.1, 0.15) is 11.5 Å². The number of aryl methyl sites for hydroxylation is 1. The minimum atomic E-state index is -0.194. The van der Waals surface area contributed by atoms with Crippen LogP contribution in [0.15, 0.2) is 18.2 Å². The maximum atomic E-state index is 11.4. The van der Waals surface area contributed by atoms with Crippen LogP contribution in [-0.2, 0) is 9.59 Å². The first-order chi connectivity index (χ1) is 7.49. The molecule has 1 amide bonds. The van der Waals surface area contributed by atoms with Gasteiger partial charge in [0.05, 0.1) is 0 Å². The van der Waals surface area contributed by atoms with Gasteiger partial charge in [-0.2, -0.15) is 0 Å². The van der Waals surface area contributed by atoms with Crippen LogP contribution in [0.25, 0.3) is 0 Å². The third-order valence-electron chi connectivity index (χ3n) is 2.18. The van der Waals surface area contributed by atoms with Crippen molar-refractivity contribution in [3.05, 3.63) is 23.8 Å². The van der Waals surface area contributed by atoms with Crippen LogP contribution in [0.1, 0.15) is 25.3 Å². The Balaban J connectivity index is 2.56. The van der Waals surface area contributed by atoms with E-state index in [-0.39, 0.29) is 30.3 Å². The summed E-state index contributed by atoms with van der Waals surface area (Å²) in [5.74, 6) is -0.000869. The Morgan fingerprint density at radius 1 is 1.31 bits per heavy atom. The van der Waals surface area contributed by atoms with E-state index in [0.717, 1.165) is 0 Å². The molecule has 0 heterocycles. The van der Waals surface area contributed by atoms with Crippen LogP contribution in [0, 0.1) is 6.92 Å². The zero-order valence-electron chi connectivity index (χ0n) is 9.41. The third kappa shape index (κ3) is 3.73. The van der Waals surface area contributed by atoms with Gasteiger partial charge in [-0.15, -0.1) is 0 Å². The number of rotatable bonds is 4. The fraction of sp³-hybridized carbons (Fsp3) is 0.333. The van der Waals surface area contributed by atoms with E-state index in [9.17, 15) is 14.7 Å². The molecule has 1 rings (SSSR count). The number of phenolic OH excluding ortho intramolecular Hbond substituents is 1. The lowest BCUT2D eigenvalue weighted by Gasteiger charge is -2.06. The molecule has 4 nitrogen and oxygen atoms in total. The van der Waals surface area contributed by atoms with Gasteiger partial charge in [-0.05, 0) is 37.6 Å². The van der Waals surface area contributed by atoms with Crippen molar-refractivity contribution in [2.75, 3.05) is 5.32 Å². The Morgan fingerprint density at radius 2 is 2.00 bits per heavy atom. The molecular formula is C12H15NO3. The molecule has 0 aliphatic rings. The molecule has 0 unspecified atom stereocenters. The first-order valence-corrected chi connectivity index (χ1v) is 5.08. The number of nitrogens with one attached hydrogen (secondary N) is 1. The van der Waals surface area contributed by atoms with Gasteiger partial charge in [-0.25, -0.2) is 0 Å². The molecule has 0 bridgehead atoms. The van der Waals surface area contributed by atoms with Crippen LogP contribution in [0.3, 0.4) is 0 Å². The highest BCUT2D eigenvalue weighted by molar-refractivity contribution is 5.93. The topological polar surface area (TPSA) is 66.4 Å². The second kappa shape index (κ2) is 5.30. The molecule has 0 fully saturated rings. The molecule has 86 valence electrons. The van der Waals surface area contributed by atoms with Gasteiger partial charge in [0.25, 0.3) is 0 Å². The highest BCUT2D eigenvalue weighted by Crippen LogP contribution is 2.20. The summed E-state index contributed by atoms with van der Waals surface area (Å²) in [5.41, 5.74) is 1.33. The fourth-order valence-electron chi connectivity index (χ4n) is 1.25. The van der Waals surface area contributed by atoms with Crippen molar-refractivity contribution >= 4 is 17.4 Å². The second-order valence-corrected chi connectivity index (χ2v) is 3.75. The van der Waals surface area contributed by atoms with Crippen LogP contribution < -0.4 is 5.32 Å². The second-order valence-electron chi connectivity index (χ2n) is 3.75. The van der Waals surface area contributed by atoms with E-state index in [1.54, 1.807) is 19.1 Å². The summed E-state index contributed by atoms with van der Waals surface area (Å²) < 4.78 is 0. The lowest BCUT2D eigenvalue weighted by Crippen LogP contribution is -2.12. The number of anilines is 1. The number of aromatic hydroxyl groups is 1. The Kier molecular flexibility index (Phi) is 4.05. The van der Waals surface area contributed by atoms with Gasteiger partial charge in [-0.3, -0.25) is 4.79 Å². The van der Waals surface area contributed by atoms with E-state index in [1.165, 1.54) is 13.0 Å². The molecule has 1 aromatic rings. The Morgan fingerprint density at radius 3 is 2.56 bits per heavy atom. The quantitative estimate of drug-likeness (QED) is 0.764. The van der Waals surface area contributed by atoms with Gasteiger partial charge >= 0.3 is 0 Å². The Bertz CT molecular complexity index is 413. The zero-order chi connectivity index (χ0) is 12.1. The normalized spacial score (nSPS) is 9.88. The van der Waals surface area contributed by atoms with Gasteiger partial charge in [0, 0.05) is 18.5 Å². The summed E-state index contributed by atoms with van der Waals surface area (Å²) in [4.78, 5) is 22.1. The fourth-order valence-corrected chi connectivity index (χ4v) is 1.25. The number of carbonyl (C=O) groups excluding carboxylic acids is 2. The summed E-state index contributed by atoms with van der Waals surface area (Å²) in [7, 11) is 0. The van der Waals surface area contributed by atoms with Crippen molar-refractivity contribution < 1.29 is 14.7 Å². The number of benzene rings is 1. The molecule has 0 radical (unpaired) electrons. The van der Waals surface area contributed by atoms with Crippen LogP contribution in [0.2, 0.25) is 0 Å². The lowest BCUT2D eigenvalue weighted by atomic mass is 10.2. The molecule has 0 aliphatic heterocycles. The summed E-state index contributed by atoms with van der Waals surface area (Å²) >= 11 is 0. The Labute approximate surface area is 94.3 Å². The van der Waals surface area contributed by atoms with E-state index < -0.39 is 0 Å². The van der Waals surface area contributed by atoms with Crippen molar-refractivity contribution in [3.8, 4) is 5.75 Å². The number of carbonyl (C=O) groups is 2. The molecule has 1 aromatic carbocycles. The van der Waals surface area contributed by atoms with E-state index in [2.05, 4.69) is 5.32 Å². The molecule has 16 heavy (non-hydrogen) atoms. The largest absolute Gasteiger partial charge is 0.508 e. The zero-order valence-corrected chi connectivity index (χ0v) is 9.41. The molecule has 0 saturated carbocycles. The maximum absolute atomic E-state index is 11.4. The molecular weight excluding hydrogens is 206 g/mol. The molecule has 0 aromatic heterocycles. The Hall–Kier alpha value is -1.84. The van der Waals surface area contributed by atoms with Crippen LogP contribution in [-0.4, -0.2) is 16.8 Å². The van der Waals surface area contributed by atoms with Gasteiger partial charge < -0.3 is 15.2 Å². The monoisotopic (exact) mass is 221 g/mol. The molecule has 0 spiro atoms. The number of hydrogen-bond acceptors (Lipinski definition) is 3. The molecule has 0 aliphatic carbocycles. The van der Waals surface area contributed by atoms with Crippen molar-refractivity contribution in [2.24, 2.45) is 0 Å². The van der Waals surface area contributed by atoms with Crippen LogP contribution in [0.4, 0.5) is 5.69 Å². The molecule has 2 N–H and O–H groups in total. The minimum Gasteiger partial charge on any atom is -0.508 e. The summed E-state index contributed by atoms with van der Waals surface area (Å²) in [6.07, 6.45) is 0.443. The smallest absolute Gasteiger partial charge is 0.224 e. The predicted molar refractivity (Wildman–Crippen MR) is 61.4 cm³/mol. The third-order valence-corrected chi connectivity index (χ3v) is 2.18. The number of Topliss-reactive ketones (excluding diaryl/α,β-unsaturated/α-hetero) is 1. The molecule has 0 atom stereocenters. The van der Waals surface area contributed by atoms with Gasteiger partial charge in [0.2, 0.25) is 5.91 Å². The number of hydrogen-bond donors (Lipinski definition) is 2. The highest BCUT2D eigenvalue weighted by atomic mass is 16.3. The van der Waals surface area contributed by atoms with E-state index >= 15 is 0 Å². The average molecular weight is 221 g/mol. The standard InChI is InChI=1S/C12H15NO3/c1-8-7-10(4-5-11(8)15)13-12(16)6-3-9(2)14/h4-5,7,15H,3,6H2,1-2H3,(H,13,16). The number of amides is 1. The van der Waals surface area contributed by atoms with E-state index in [1.807, 2.05) is 0 Å². The number of ketones is 1. The van der Waals surface area contributed by atoms with Crippen molar-refractivity contribution in [3.63, 3.8) is 0 Å². The molecule has 4 heteroatoms. The van der Waals surface area contributed by atoms with E-state index in [0.29, 0.717) is 11.3 Å². The van der Waals surface area contributed by atoms with Crippen LogP contribution in [0.5, 0.6) is 5.75 Å².